The van der Waals surface area contributed by atoms with Crippen LogP contribution in [0.3, 0.4) is 0 Å². The first kappa shape index (κ1) is 34.7. The van der Waals surface area contributed by atoms with Crippen LogP contribution in [0, 0.1) is 23.7 Å². The van der Waals surface area contributed by atoms with Crippen molar-refractivity contribution in [2.45, 2.75) is 72.6 Å². The Labute approximate surface area is 252 Å². The maximum atomic E-state index is 11.7. The van der Waals surface area contributed by atoms with Crippen LogP contribution in [0.5, 0.6) is 0 Å². The van der Waals surface area contributed by atoms with Gasteiger partial charge in [-0.2, -0.15) is 10.4 Å². The Morgan fingerprint density at radius 1 is 0.698 bits per heavy atom. The molecule has 0 saturated heterocycles. The molecule has 12 heteroatoms. The zero-order chi connectivity index (χ0) is 31.8. The number of aromatic amines is 2. The molecule has 5 atom stereocenters. The van der Waals surface area contributed by atoms with Crippen LogP contribution in [-0.2, 0) is 22.4 Å². The molecule has 0 aliphatic rings. The normalized spacial score (nSPS) is 14.2. The molecule has 2 aromatic carbocycles. The molecule has 0 radical (unpaired) electrons. The zero-order valence-electron chi connectivity index (χ0n) is 25.8. The lowest BCUT2D eigenvalue weighted by atomic mass is 9.77. The summed E-state index contributed by atoms with van der Waals surface area (Å²) in [4.78, 5) is 23.3. The second-order valence-electron chi connectivity index (χ2n) is 10.5. The molecule has 0 saturated carbocycles. The Morgan fingerprint density at radius 2 is 1.09 bits per heavy atom. The highest BCUT2D eigenvalue weighted by Gasteiger charge is 2.36. The van der Waals surface area contributed by atoms with Crippen LogP contribution in [0.15, 0.2) is 60.7 Å². The van der Waals surface area contributed by atoms with Crippen molar-refractivity contribution >= 4 is 11.9 Å². The summed E-state index contributed by atoms with van der Waals surface area (Å²) in [6.07, 6.45) is 1.96. The summed E-state index contributed by atoms with van der Waals surface area (Å²) in [6, 6.07) is 19.6. The van der Waals surface area contributed by atoms with E-state index >= 15 is 0 Å². The molecule has 12 nitrogen and oxygen atoms in total. The smallest absolute Gasteiger partial charge is 0.307 e. The van der Waals surface area contributed by atoms with Gasteiger partial charge in [-0.25, -0.2) is 0 Å². The number of nitrogens with one attached hydrogen (secondary N) is 2. The summed E-state index contributed by atoms with van der Waals surface area (Å²) in [5.74, 6) is -2.37. The minimum atomic E-state index is -0.828. The molecule has 2 aromatic heterocycles. The highest BCUT2D eigenvalue weighted by molar-refractivity contribution is 5.72. The molecule has 2 heterocycles. The number of aromatic nitrogens is 8. The predicted octanol–water partition coefficient (Wildman–Crippen LogP) is 5.18. The summed E-state index contributed by atoms with van der Waals surface area (Å²) in [5, 5.41) is 47.1. The van der Waals surface area contributed by atoms with E-state index in [1.54, 1.807) is 0 Å². The van der Waals surface area contributed by atoms with E-state index in [-0.39, 0.29) is 23.7 Å². The Balaban J connectivity index is 0.000000284. The molecule has 4 N–H and O–H groups in total. The molecule has 0 aliphatic carbocycles. The molecule has 4 aromatic rings. The Bertz CT molecular complexity index is 1300. The lowest BCUT2D eigenvalue weighted by Gasteiger charge is -2.26. The third kappa shape index (κ3) is 10.4. The number of nitrogens with zero attached hydrogens (tertiary/aromatic N) is 6. The van der Waals surface area contributed by atoms with E-state index < -0.39 is 23.8 Å². The molecule has 0 spiro atoms. The van der Waals surface area contributed by atoms with Crippen molar-refractivity contribution in [1.82, 2.24) is 41.2 Å². The van der Waals surface area contributed by atoms with Crippen LogP contribution in [-0.4, -0.2) is 63.4 Å². The molecule has 232 valence electrons. The monoisotopic (exact) mass is 592 g/mol. The van der Waals surface area contributed by atoms with Gasteiger partial charge in [-0.05, 0) is 35.8 Å². The number of H-pyrrole nitrogens is 2. The number of carboxylic acid groups (broad SMARTS) is 2. The van der Waals surface area contributed by atoms with Gasteiger partial charge < -0.3 is 10.2 Å². The van der Waals surface area contributed by atoms with Gasteiger partial charge in [0, 0.05) is 11.8 Å². The van der Waals surface area contributed by atoms with Crippen molar-refractivity contribution in [2.24, 2.45) is 23.7 Å². The van der Waals surface area contributed by atoms with Crippen LogP contribution < -0.4 is 0 Å². The molecule has 2 unspecified atom stereocenters. The van der Waals surface area contributed by atoms with Gasteiger partial charge in [-0.15, -0.1) is 20.4 Å². The fourth-order valence-corrected chi connectivity index (χ4v) is 5.13. The SMILES string of the molecule is CC.CC(C)C(C(=O)O)[C@H](Cc1ccccc1)c1nn[nH]n1.CCC(C)[C@H](C(=O)O)[C@H](Cc1ccccc1)c1nn[nH]n1. The van der Waals surface area contributed by atoms with Gasteiger partial charge in [0.15, 0.2) is 11.6 Å². The van der Waals surface area contributed by atoms with Gasteiger partial charge >= 0.3 is 11.9 Å². The van der Waals surface area contributed by atoms with E-state index in [0.717, 1.165) is 17.5 Å². The third-order valence-electron chi connectivity index (χ3n) is 7.40. The van der Waals surface area contributed by atoms with Crippen LogP contribution in [0.4, 0.5) is 0 Å². The molecule has 0 bridgehead atoms. The maximum Gasteiger partial charge on any atom is 0.307 e. The largest absolute Gasteiger partial charge is 0.481 e. The van der Waals surface area contributed by atoms with Crippen LogP contribution in [0.1, 0.15) is 82.6 Å². The molecule has 0 fully saturated rings. The van der Waals surface area contributed by atoms with Gasteiger partial charge in [-0.1, -0.05) is 119 Å². The predicted molar refractivity (Wildman–Crippen MR) is 162 cm³/mol. The van der Waals surface area contributed by atoms with Crippen molar-refractivity contribution in [3.8, 4) is 0 Å². The van der Waals surface area contributed by atoms with Gasteiger partial charge in [0.1, 0.15) is 0 Å². The second-order valence-corrected chi connectivity index (χ2v) is 10.5. The zero-order valence-corrected chi connectivity index (χ0v) is 25.8. The standard InChI is InChI=1S/C15H20N4O2.C14H18N4O2.C2H6/c1-3-10(2)13(15(20)21)12(14-16-18-19-17-14)9-11-7-5-4-6-8-11;1-9(2)12(14(19)20)11(13-15-17-18-16-13)8-10-6-4-3-5-7-10;1-2/h4-8,10,12-13H,3,9H2,1-2H3,(H,20,21)(H,16,17,18,19);3-7,9,11-12H,8H2,1-2H3,(H,19,20)(H,15,16,17,18);1-2H3/t10?,12-,13-;11-,12?;/m00./s1. The molecule has 0 amide bonds. The first-order valence-corrected chi connectivity index (χ1v) is 14.7. The lowest BCUT2D eigenvalue weighted by molar-refractivity contribution is -0.145. The van der Waals surface area contributed by atoms with Crippen LogP contribution in [0.2, 0.25) is 0 Å². The molecule has 0 aliphatic heterocycles. The van der Waals surface area contributed by atoms with E-state index in [0.29, 0.717) is 24.5 Å². The lowest BCUT2D eigenvalue weighted by Crippen LogP contribution is -2.30. The van der Waals surface area contributed by atoms with Gasteiger partial charge in [-0.3, -0.25) is 9.59 Å². The Kier molecular flexibility index (Phi) is 14.6. The number of aliphatic carboxylic acids is 2. The minimum absolute atomic E-state index is 0.0142. The van der Waals surface area contributed by atoms with E-state index in [2.05, 4.69) is 41.2 Å². The van der Waals surface area contributed by atoms with Gasteiger partial charge in [0.05, 0.1) is 11.8 Å². The van der Waals surface area contributed by atoms with E-state index in [1.807, 2.05) is 102 Å². The highest BCUT2D eigenvalue weighted by Crippen LogP contribution is 2.33. The number of hydrogen-bond acceptors (Lipinski definition) is 8. The second kappa shape index (κ2) is 18.1. The number of rotatable bonds is 13. The van der Waals surface area contributed by atoms with Crippen molar-refractivity contribution in [1.29, 1.82) is 0 Å². The number of hydrogen-bond donors (Lipinski definition) is 4. The number of benzene rings is 2. The number of carboxylic acids is 2. The summed E-state index contributed by atoms with van der Waals surface area (Å²) in [5.41, 5.74) is 2.14. The molecule has 4 rings (SSSR count). The third-order valence-corrected chi connectivity index (χ3v) is 7.40. The topological polar surface area (TPSA) is 184 Å². The van der Waals surface area contributed by atoms with Gasteiger partial charge in [0.25, 0.3) is 0 Å². The molecular formula is C31H44N8O4. The van der Waals surface area contributed by atoms with Crippen molar-refractivity contribution in [2.75, 3.05) is 0 Å². The maximum absolute atomic E-state index is 11.7. The average molecular weight is 593 g/mol. The number of tetrazole rings is 2. The minimum Gasteiger partial charge on any atom is -0.481 e. The number of carbonyl (C=O) groups is 2. The quantitative estimate of drug-likeness (QED) is 0.161. The summed E-state index contributed by atoms with van der Waals surface area (Å²) in [6.45, 7) is 11.8. The highest BCUT2D eigenvalue weighted by atomic mass is 16.4. The van der Waals surface area contributed by atoms with Crippen molar-refractivity contribution < 1.29 is 19.8 Å². The fraction of sp³-hybridized carbons (Fsp3) is 0.484. The van der Waals surface area contributed by atoms with Crippen LogP contribution >= 0.6 is 0 Å². The van der Waals surface area contributed by atoms with Gasteiger partial charge in [0.2, 0.25) is 0 Å². The Hall–Kier alpha value is -4.48. The van der Waals surface area contributed by atoms with E-state index in [1.165, 1.54) is 0 Å². The average Bonchev–Trinajstić information content (AvgIpc) is 3.74. The summed E-state index contributed by atoms with van der Waals surface area (Å²) in [7, 11) is 0. The molecular weight excluding hydrogens is 548 g/mol. The van der Waals surface area contributed by atoms with E-state index in [9.17, 15) is 19.8 Å². The van der Waals surface area contributed by atoms with Crippen LogP contribution in [0.25, 0.3) is 0 Å². The summed E-state index contributed by atoms with van der Waals surface area (Å²) >= 11 is 0. The molecule has 43 heavy (non-hydrogen) atoms. The first-order valence-electron chi connectivity index (χ1n) is 14.7. The van der Waals surface area contributed by atoms with Crippen molar-refractivity contribution in [3.05, 3.63) is 83.4 Å². The first-order chi connectivity index (χ1) is 20.7. The van der Waals surface area contributed by atoms with E-state index in [4.69, 9.17) is 0 Å². The Morgan fingerprint density at radius 3 is 1.40 bits per heavy atom. The fourth-order valence-electron chi connectivity index (χ4n) is 5.13. The summed E-state index contributed by atoms with van der Waals surface area (Å²) < 4.78 is 0. The van der Waals surface area contributed by atoms with Crippen molar-refractivity contribution in [3.63, 3.8) is 0 Å².